The van der Waals surface area contributed by atoms with Crippen molar-refractivity contribution in [2.24, 2.45) is 14.1 Å². The molecule has 0 aliphatic heterocycles. The first-order valence-corrected chi connectivity index (χ1v) is 7.79. The SMILES string of the molecule is Cn1c(=O)n(C)c2cc(NC(=O)CNc3ccccc3Cl)ccc21. The molecule has 0 fully saturated rings. The van der Waals surface area contributed by atoms with E-state index in [4.69, 9.17) is 11.6 Å². The highest BCUT2D eigenvalue weighted by Gasteiger charge is 2.10. The zero-order valence-electron chi connectivity index (χ0n) is 13.3. The van der Waals surface area contributed by atoms with Crippen molar-refractivity contribution in [2.45, 2.75) is 0 Å². The van der Waals surface area contributed by atoms with Crippen molar-refractivity contribution in [3.8, 4) is 0 Å². The van der Waals surface area contributed by atoms with Crippen molar-refractivity contribution in [1.82, 2.24) is 9.13 Å². The molecule has 24 heavy (non-hydrogen) atoms. The Kier molecular flexibility index (Phi) is 4.31. The molecule has 1 amide bonds. The van der Waals surface area contributed by atoms with Gasteiger partial charge in [0.2, 0.25) is 5.91 Å². The molecule has 0 saturated heterocycles. The number of para-hydroxylation sites is 1. The lowest BCUT2D eigenvalue weighted by Crippen LogP contribution is -2.21. The summed E-state index contributed by atoms with van der Waals surface area (Å²) in [4.78, 5) is 24.0. The first-order valence-electron chi connectivity index (χ1n) is 7.41. The van der Waals surface area contributed by atoms with Crippen LogP contribution in [-0.4, -0.2) is 21.6 Å². The van der Waals surface area contributed by atoms with Crippen molar-refractivity contribution >= 4 is 39.9 Å². The third-order valence-corrected chi connectivity index (χ3v) is 4.20. The molecule has 3 aromatic rings. The largest absolute Gasteiger partial charge is 0.375 e. The third kappa shape index (κ3) is 3.00. The number of carbonyl (C=O) groups excluding carboxylic acids is 1. The van der Waals surface area contributed by atoms with Crippen LogP contribution >= 0.6 is 11.6 Å². The fraction of sp³-hybridized carbons (Fsp3) is 0.176. The minimum absolute atomic E-state index is 0.0927. The van der Waals surface area contributed by atoms with Crippen LogP contribution in [0.15, 0.2) is 47.3 Å². The Morgan fingerprint density at radius 1 is 1.08 bits per heavy atom. The molecule has 0 radical (unpaired) electrons. The Bertz CT molecular complexity index is 974. The normalized spacial score (nSPS) is 10.8. The number of hydrogen-bond acceptors (Lipinski definition) is 3. The molecular weight excluding hydrogens is 328 g/mol. The van der Waals surface area contributed by atoms with Gasteiger partial charge in [-0.2, -0.15) is 0 Å². The predicted molar refractivity (Wildman–Crippen MR) is 96.7 cm³/mol. The maximum absolute atomic E-state index is 12.1. The lowest BCUT2D eigenvalue weighted by atomic mass is 10.2. The number of nitrogens with zero attached hydrogens (tertiary/aromatic N) is 2. The van der Waals surface area contributed by atoms with E-state index < -0.39 is 0 Å². The summed E-state index contributed by atoms with van der Waals surface area (Å²) in [6.45, 7) is 0.0927. The topological polar surface area (TPSA) is 68.1 Å². The molecule has 0 bridgehead atoms. The number of rotatable bonds is 4. The van der Waals surface area contributed by atoms with E-state index in [-0.39, 0.29) is 18.1 Å². The molecule has 3 rings (SSSR count). The smallest absolute Gasteiger partial charge is 0.328 e. The fourth-order valence-corrected chi connectivity index (χ4v) is 2.77. The number of halogens is 1. The molecular formula is C17H17ClN4O2. The highest BCUT2D eigenvalue weighted by atomic mass is 35.5. The lowest BCUT2D eigenvalue weighted by Gasteiger charge is -2.09. The number of benzene rings is 2. The van der Waals surface area contributed by atoms with Gasteiger partial charge in [0, 0.05) is 19.8 Å². The van der Waals surface area contributed by atoms with Gasteiger partial charge in [-0.3, -0.25) is 13.9 Å². The van der Waals surface area contributed by atoms with E-state index in [1.54, 1.807) is 47.5 Å². The predicted octanol–water partition coefficient (Wildman–Crippen LogP) is 2.58. The molecule has 0 unspecified atom stereocenters. The molecule has 2 aromatic carbocycles. The first-order chi connectivity index (χ1) is 11.5. The molecule has 0 aliphatic rings. The molecule has 1 heterocycles. The fourth-order valence-electron chi connectivity index (χ4n) is 2.57. The van der Waals surface area contributed by atoms with E-state index in [0.717, 1.165) is 11.0 Å². The van der Waals surface area contributed by atoms with E-state index in [9.17, 15) is 9.59 Å². The van der Waals surface area contributed by atoms with Gasteiger partial charge in [0.25, 0.3) is 0 Å². The zero-order chi connectivity index (χ0) is 17.3. The standard InChI is InChI=1S/C17H17ClN4O2/c1-21-14-8-7-11(9-15(14)22(2)17(21)24)20-16(23)10-19-13-6-4-3-5-12(13)18/h3-9,19H,10H2,1-2H3,(H,20,23). The van der Waals surface area contributed by atoms with Crippen molar-refractivity contribution in [1.29, 1.82) is 0 Å². The second-order valence-corrected chi connectivity index (χ2v) is 5.89. The maximum Gasteiger partial charge on any atom is 0.328 e. The summed E-state index contributed by atoms with van der Waals surface area (Å²) in [5.41, 5.74) is 2.81. The van der Waals surface area contributed by atoms with Crippen LogP contribution in [0.25, 0.3) is 11.0 Å². The monoisotopic (exact) mass is 344 g/mol. The summed E-state index contributed by atoms with van der Waals surface area (Å²) < 4.78 is 3.12. The Balaban J connectivity index is 1.73. The number of aryl methyl sites for hydroxylation is 2. The number of imidazole rings is 1. The van der Waals surface area contributed by atoms with Gasteiger partial charge in [0.05, 0.1) is 28.3 Å². The average Bonchev–Trinajstić information content (AvgIpc) is 2.78. The Labute approximate surface area is 143 Å². The van der Waals surface area contributed by atoms with Gasteiger partial charge in [-0.15, -0.1) is 0 Å². The van der Waals surface area contributed by atoms with Gasteiger partial charge in [-0.1, -0.05) is 23.7 Å². The van der Waals surface area contributed by atoms with Crippen LogP contribution < -0.4 is 16.3 Å². The second-order valence-electron chi connectivity index (χ2n) is 5.49. The van der Waals surface area contributed by atoms with Crippen molar-refractivity contribution in [2.75, 3.05) is 17.2 Å². The maximum atomic E-state index is 12.1. The van der Waals surface area contributed by atoms with Gasteiger partial charge in [-0.25, -0.2) is 4.79 Å². The van der Waals surface area contributed by atoms with E-state index in [1.807, 2.05) is 18.2 Å². The van der Waals surface area contributed by atoms with Crippen LogP contribution in [-0.2, 0) is 18.9 Å². The third-order valence-electron chi connectivity index (χ3n) is 3.87. The van der Waals surface area contributed by atoms with E-state index >= 15 is 0 Å². The van der Waals surface area contributed by atoms with Crippen LogP contribution in [0.5, 0.6) is 0 Å². The summed E-state index contributed by atoms with van der Waals surface area (Å²) in [7, 11) is 3.42. The first kappa shape index (κ1) is 16.1. The summed E-state index contributed by atoms with van der Waals surface area (Å²) in [6, 6.07) is 12.6. The average molecular weight is 345 g/mol. The number of amides is 1. The quantitative estimate of drug-likeness (QED) is 0.764. The highest BCUT2D eigenvalue weighted by molar-refractivity contribution is 6.33. The van der Waals surface area contributed by atoms with Crippen molar-refractivity contribution in [3.05, 3.63) is 58.0 Å². The number of aromatic nitrogens is 2. The minimum atomic E-state index is -0.199. The van der Waals surface area contributed by atoms with Crippen LogP contribution in [0.4, 0.5) is 11.4 Å². The van der Waals surface area contributed by atoms with Crippen LogP contribution in [0.2, 0.25) is 5.02 Å². The Morgan fingerprint density at radius 3 is 2.54 bits per heavy atom. The molecule has 2 N–H and O–H groups in total. The van der Waals surface area contributed by atoms with E-state index in [1.165, 1.54) is 0 Å². The summed E-state index contributed by atoms with van der Waals surface area (Å²) in [5.74, 6) is -0.199. The van der Waals surface area contributed by atoms with Crippen molar-refractivity contribution < 1.29 is 4.79 Å². The van der Waals surface area contributed by atoms with Crippen molar-refractivity contribution in [3.63, 3.8) is 0 Å². The summed E-state index contributed by atoms with van der Waals surface area (Å²) in [5, 5.41) is 6.36. The molecule has 0 spiro atoms. The lowest BCUT2D eigenvalue weighted by molar-refractivity contribution is -0.114. The number of anilines is 2. The second kappa shape index (κ2) is 6.41. The van der Waals surface area contributed by atoms with Gasteiger partial charge >= 0.3 is 5.69 Å². The minimum Gasteiger partial charge on any atom is -0.375 e. The van der Waals surface area contributed by atoms with Crippen LogP contribution in [0, 0.1) is 0 Å². The molecule has 0 aliphatic carbocycles. The van der Waals surface area contributed by atoms with Gasteiger partial charge in [0.1, 0.15) is 0 Å². The molecule has 1 aromatic heterocycles. The van der Waals surface area contributed by atoms with Gasteiger partial charge in [-0.05, 0) is 30.3 Å². The van der Waals surface area contributed by atoms with Crippen LogP contribution in [0.3, 0.4) is 0 Å². The van der Waals surface area contributed by atoms with Crippen LogP contribution in [0.1, 0.15) is 0 Å². The number of carbonyl (C=O) groups is 1. The van der Waals surface area contributed by atoms with E-state index in [0.29, 0.717) is 16.4 Å². The Hall–Kier alpha value is -2.73. The molecule has 0 atom stereocenters. The molecule has 6 nitrogen and oxygen atoms in total. The summed E-state index contributed by atoms with van der Waals surface area (Å²) >= 11 is 6.04. The van der Waals surface area contributed by atoms with Gasteiger partial charge in [0.15, 0.2) is 0 Å². The summed E-state index contributed by atoms with van der Waals surface area (Å²) in [6.07, 6.45) is 0. The zero-order valence-corrected chi connectivity index (χ0v) is 14.1. The highest BCUT2D eigenvalue weighted by Crippen LogP contribution is 2.20. The Morgan fingerprint density at radius 2 is 1.79 bits per heavy atom. The molecule has 124 valence electrons. The van der Waals surface area contributed by atoms with E-state index in [2.05, 4.69) is 10.6 Å². The molecule has 0 saturated carbocycles. The number of nitrogens with one attached hydrogen (secondary N) is 2. The molecule has 7 heteroatoms. The number of hydrogen-bond donors (Lipinski definition) is 2. The number of fused-ring (bicyclic) bond motifs is 1. The van der Waals surface area contributed by atoms with Gasteiger partial charge < -0.3 is 10.6 Å².